The standard InChI is InChI=1S/C36H38N2O6S/c1-23-32(22-45-33-12-4-5-17-37-33)43-36(44-34(23)28-15-13-26(21-39)14-16-28)31-11-7-10-30(19-31)29-9-6-8-27(18-29)20-38-35(41)24(2)42-25(3)40/h4-19,23-24,32,34,36,39H,20-22H2,1-3H3,(H,38,41)/t23-,24-,32+,34+,36+/m0/s1. The van der Waals surface area contributed by atoms with E-state index in [1.807, 2.05) is 84.9 Å². The lowest BCUT2D eigenvalue weighted by Crippen LogP contribution is -2.38. The summed E-state index contributed by atoms with van der Waals surface area (Å²) >= 11 is 1.66. The molecular formula is C36H38N2O6S. The molecular weight excluding hydrogens is 588 g/mol. The molecule has 0 spiro atoms. The first-order chi connectivity index (χ1) is 21.8. The number of rotatable bonds is 11. The van der Waals surface area contributed by atoms with Crippen molar-refractivity contribution in [2.24, 2.45) is 5.92 Å². The topological polar surface area (TPSA) is 107 Å². The van der Waals surface area contributed by atoms with Crippen LogP contribution in [0.15, 0.2) is 102 Å². The van der Waals surface area contributed by atoms with Crippen molar-refractivity contribution in [2.45, 2.75) is 63.6 Å². The van der Waals surface area contributed by atoms with Gasteiger partial charge in [0.1, 0.15) is 0 Å². The lowest BCUT2D eigenvalue weighted by molar-refractivity contribution is -0.268. The minimum atomic E-state index is -0.858. The molecule has 3 aromatic carbocycles. The number of nitrogens with one attached hydrogen (secondary N) is 1. The quantitative estimate of drug-likeness (QED) is 0.146. The van der Waals surface area contributed by atoms with Crippen molar-refractivity contribution >= 4 is 23.6 Å². The molecule has 0 unspecified atom stereocenters. The van der Waals surface area contributed by atoms with Gasteiger partial charge >= 0.3 is 5.97 Å². The van der Waals surface area contributed by atoms with Crippen LogP contribution in [-0.4, -0.2) is 39.9 Å². The number of pyridine rings is 1. The van der Waals surface area contributed by atoms with Gasteiger partial charge in [-0.15, -0.1) is 11.8 Å². The Bertz CT molecular complexity index is 1580. The van der Waals surface area contributed by atoms with Gasteiger partial charge in [0.25, 0.3) is 5.91 Å². The summed E-state index contributed by atoms with van der Waals surface area (Å²) in [5.74, 6) is -0.0674. The van der Waals surface area contributed by atoms with Crippen LogP contribution in [0, 0.1) is 5.92 Å². The number of esters is 1. The Balaban J connectivity index is 1.35. The van der Waals surface area contributed by atoms with Gasteiger partial charge in [0.15, 0.2) is 12.4 Å². The van der Waals surface area contributed by atoms with E-state index in [9.17, 15) is 14.7 Å². The molecule has 234 valence electrons. The highest BCUT2D eigenvalue weighted by molar-refractivity contribution is 7.99. The second-order valence-corrected chi connectivity index (χ2v) is 12.1. The number of hydrogen-bond acceptors (Lipinski definition) is 8. The normalized spacial score (nSPS) is 20.3. The van der Waals surface area contributed by atoms with Crippen molar-refractivity contribution < 1.29 is 28.9 Å². The summed E-state index contributed by atoms with van der Waals surface area (Å²) in [6.07, 6.45) is 0.0218. The zero-order chi connectivity index (χ0) is 31.8. The highest BCUT2D eigenvalue weighted by atomic mass is 32.2. The van der Waals surface area contributed by atoms with Crippen molar-refractivity contribution in [1.29, 1.82) is 0 Å². The first-order valence-corrected chi connectivity index (χ1v) is 16.0. The van der Waals surface area contributed by atoms with Crippen molar-refractivity contribution in [3.63, 3.8) is 0 Å². The predicted molar refractivity (Wildman–Crippen MR) is 173 cm³/mol. The molecule has 1 fully saturated rings. The van der Waals surface area contributed by atoms with Gasteiger partial charge in [-0.25, -0.2) is 4.98 Å². The van der Waals surface area contributed by atoms with E-state index in [0.29, 0.717) is 12.3 Å². The van der Waals surface area contributed by atoms with E-state index in [2.05, 4.69) is 23.3 Å². The molecule has 2 N–H and O–H groups in total. The van der Waals surface area contributed by atoms with Crippen molar-refractivity contribution in [3.05, 3.63) is 119 Å². The Labute approximate surface area is 268 Å². The van der Waals surface area contributed by atoms with E-state index >= 15 is 0 Å². The van der Waals surface area contributed by atoms with Gasteiger partial charge in [0.2, 0.25) is 0 Å². The lowest BCUT2D eigenvalue weighted by atomic mass is 9.91. The summed E-state index contributed by atoms with van der Waals surface area (Å²) in [6.45, 7) is 5.27. The Hall–Kier alpha value is -4.02. The maximum Gasteiger partial charge on any atom is 0.303 e. The summed E-state index contributed by atoms with van der Waals surface area (Å²) in [4.78, 5) is 28.0. The number of nitrogens with zero attached hydrogens (tertiary/aromatic N) is 1. The van der Waals surface area contributed by atoms with E-state index in [-0.39, 0.29) is 30.6 Å². The van der Waals surface area contributed by atoms with E-state index in [1.165, 1.54) is 6.92 Å². The number of ether oxygens (including phenoxy) is 3. The molecule has 8 nitrogen and oxygen atoms in total. The maximum absolute atomic E-state index is 12.3. The summed E-state index contributed by atoms with van der Waals surface area (Å²) < 4.78 is 18.3. The van der Waals surface area contributed by atoms with Gasteiger partial charge in [-0.3, -0.25) is 9.59 Å². The molecule has 1 aliphatic heterocycles. The maximum atomic E-state index is 12.3. The molecule has 0 aliphatic carbocycles. The summed E-state index contributed by atoms with van der Waals surface area (Å²) in [5.41, 5.74) is 5.68. The van der Waals surface area contributed by atoms with Crippen LogP contribution in [0.1, 0.15) is 55.4 Å². The van der Waals surface area contributed by atoms with Gasteiger partial charge in [-0.1, -0.05) is 73.7 Å². The van der Waals surface area contributed by atoms with Crippen LogP contribution in [0.25, 0.3) is 11.1 Å². The highest BCUT2D eigenvalue weighted by Gasteiger charge is 2.38. The molecule has 5 atom stereocenters. The third kappa shape index (κ3) is 8.58. The molecule has 0 saturated carbocycles. The number of carbonyl (C=O) groups is 2. The Morgan fingerprint density at radius 1 is 0.933 bits per heavy atom. The number of carbonyl (C=O) groups excluding carboxylic acids is 2. The lowest BCUT2D eigenvalue weighted by Gasteiger charge is -2.41. The minimum Gasteiger partial charge on any atom is -0.453 e. The second kappa shape index (κ2) is 15.3. The molecule has 0 bridgehead atoms. The average Bonchev–Trinajstić information content (AvgIpc) is 3.07. The van der Waals surface area contributed by atoms with Gasteiger partial charge < -0.3 is 24.6 Å². The fourth-order valence-corrected chi connectivity index (χ4v) is 6.30. The summed E-state index contributed by atoms with van der Waals surface area (Å²) in [5, 5.41) is 13.3. The highest BCUT2D eigenvalue weighted by Crippen LogP contribution is 2.43. The zero-order valence-electron chi connectivity index (χ0n) is 25.6. The van der Waals surface area contributed by atoms with Gasteiger partial charge in [-0.2, -0.15) is 0 Å². The van der Waals surface area contributed by atoms with E-state index < -0.39 is 18.4 Å². The predicted octanol–water partition coefficient (Wildman–Crippen LogP) is 6.39. The number of hydrogen-bond donors (Lipinski definition) is 2. The van der Waals surface area contributed by atoms with Crippen molar-refractivity contribution in [1.82, 2.24) is 10.3 Å². The van der Waals surface area contributed by atoms with Crippen LogP contribution in [0.5, 0.6) is 0 Å². The number of amides is 1. The third-order valence-electron chi connectivity index (χ3n) is 7.75. The smallest absolute Gasteiger partial charge is 0.303 e. The fraction of sp³-hybridized carbons (Fsp3) is 0.306. The molecule has 9 heteroatoms. The second-order valence-electron chi connectivity index (χ2n) is 11.1. The molecule has 5 rings (SSSR count). The molecule has 45 heavy (non-hydrogen) atoms. The number of aliphatic hydroxyl groups excluding tert-OH is 1. The van der Waals surface area contributed by atoms with E-state index in [1.54, 1.807) is 24.9 Å². The van der Waals surface area contributed by atoms with Crippen molar-refractivity contribution in [2.75, 3.05) is 5.75 Å². The first-order valence-electron chi connectivity index (χ1n) is 15.0. The van der Waals surface area contributed by atoms with Crippen LogP contribution in [0.4, 0.5) is 0 Å². The van der Waals surface area contributed by atoms with Gasteiger partial charge in [0.05, 0.1) is 23.8 Å². The molecule has 1 aliphatic rings. The summed E-state index contributed by atoms with van der Waals surface area (Å²) in [7, 11) is 0. The first kappa shape index (κ1) is 32.4. The average molecular weight is 627 g/mol. The van der Waals surface area contributed by atoms with E-state index in [4.69, 9.17) is 14.2 Å². The number of benzene rings is 3. The molecule has 4 aromatic rings. The third-order valence-corrected chi connectivity index (χ3v) is 8.79. The molecule has 2 heterocycles. The van der Waals surface area contributed by atoms with Crippen LogP contribution in [0.3, 0.4) is 0 Å². The summed E-state index contributed by atoms with van der Waals surface area (Å²) in [6, 6.07) is 29.9. The SMILES string of the molecule is CC(=O)O[C@@H](C)C(=O)NCc1cccc(-c2cccc([C@@H]3O[C@H](CSc4ccccn4)[C@H](C)[C@H](c4ccc(CO)cc4)O3)c2)c1. The minimum absolute atomic E-state index is 0.00972. The van der Waals surface area contributed by atoms with E-state index in [0.717, 1.165) is 38.4 Å². The van der Waals surface area contributed by atoms with Gasteiger partial charge in [0, 0.05) is 36.9 Å². The number of aromatic nitrogens is 1. The number of thioether (sulfide) groups is 1. The van der Waals surface area contributed by atoms with Crippen LogP contribution in [0.2, 0.25) is 0 Å². The molecule has 1 saturated heterocycles. The van der Waals surface area contributed by atoms with Gasteiger partial charge in [-0.05, 0) is 59.0 Å². The molecule has 1 aromatic heterocycles. The molecule has 1 amide bonds. The van der Waals surface area contributed by atoms with Crippen LogP contribution < -0.4 is 5.32 Å². The largest absolute Gasteiger partial charge is 0.453 e. The Morgan fingerprint density at radius 3 is 2.40 bits per heavy atom. The van der Waals surface area contributed by atoms with Crippen LogP contribution >= 0.6 is 11.8 Å². The Morgan fingerprint density at radius 2 is 1.69 bits per heavy atom. The fourth-order valence-electron chi connectivity index (χ4n) is 5.27. The van der Waals surface area contributed by atoms with Crippen molar-refractivity contribution in [3.8, 4) is 11.1 Å². The number of aliphatic hydroxyl groups is 1. The van der Waals surface area contributed by atoms with Crippen LogP contribution in [-0.2, 0) is 37.0 Å². The Kier molecular flexibility index (Phi) is 11.0. The molecule has 0 radical (unpaired) electrons. The monoisotopic (exact) mass is 626 g/mol. The zero-order valence-corrected chi connectivity index (χ0v) is 26.4.